The van der Waals surface area contributed by atoms with Crippen molar-refractivity contribution in [2.75, 3.05) is 14.2 Å². The van der Waals surface area contributed by atoms with Gasteiger partial charge in [-0.05, 0) is 13.5 Å². The van der Waals surface area contributed by atoms with Crippen molar-refractivity contribution >= 4 is 0 Å². The third-order valence-electron chi connectivity index (χ3n) is 3.93. The number of nitrogens with zero attached hydrogens (tertiary/aromatic N) is 2. The van der Waals surface area contributed by atoms with Crippen molar-refractivity contribution in [3.63, 3.8) is 0 Å². The molecule has 0 amide bonds. The smallest absolute Gasteiger partial charge is 0.216 e. The monoisotopic (exact) mass is 293 g/mol. The highest BCUT2D eigenvalue weighted by Gasteiger charge is 2.09. The third-order valence-corrected chi connectivity index (χ3v) is 3.93. The molecule has 0 radical (unpaired) electrons. The van der Waals surface area contributed by atoms with E-state index in [1.165, 1.54) is 51.4 Å². The molecular formula is C17H31N3O. The first-order valence-electron chi connectivity index (χ1n) is 8.32. The van der Waals surface area contributed by atoms with Crippen LogP contribution in [0, 0.1) is 0 Å². The number of unbranched alkanes of at least 4 members (excludes halogenated alkanes) is 6. The highest BCUT2D eigenvalue weighted by molar-refractivity contribution is 5.14. The maximum absolute atomic E-state index is 5.14. The lowest BCUT2D eigenvalue weighted by Gasteiger charge is -2.15. The van der Waals surface area contributed by atoms with Crippen molar-refractivity contribution < 1.29 is 4.74 Å². The highest BCUT2D eigenvalue weighted by Crippen LogP contribution is 2.13. The molecule has 1 rings (SSSR count). The average molecular weight is 293 g/mol. The van der Waals surface area contributed by atoms with Gasteiger partial charge in [-0.1, -0.05) is 51.9 Å². The van der Waals surface area contributed by atoms with Gasteiger partial charge in [0.25, 0.3) is 0 Å². The molecule has 1 heterocycles. The summed E-state index contributed by atoms with van der Waals surface area (Å²) >= 11 is 0. The fourth-order valence-electron chi connectivity index (χ4n) is 2.55. The number of aromatic nitrogens is 2. The zero-order valence-electron chi connectivity index (χ0n) is 13.9. The Morgan fingerprint density at radius 1 is 1.10 bits per heavy atom. The van der Waals surface area contributed by atoms with E-state index in [2.05, 4.69) is 22.2 Å². The van der Waals surface area contributed by atoms with E-state index >= 15 is 0 Å². The van der Waals surface area contributed by atoms with Gasteiger partial charge >= 0.3 is 0 Å². The summed E-state index contributed by atoms with van der Waals surface area (Å²) < 4.78 is 5.14. The minimum absolute atomic E-state index is 0.486. The Kier molecular flexibility index (Phi) is 9.79. The molecule has 0 saturated heterocycles. The summed E-state index contributed by atoms with van der Waals surface area (Å²) in [4.78, 5) is 8.37. The molecule has 0 aliphatic carbocycles. The Labute approximate surface area is 129 Å². The van der Waals surface area contributed by atoms with Crippen LogP contribution in [0.2, 0.25) is 0 Å². The number of hydrogen-bond acceptors (Lipinski definition) is 4. The Hall–Kier alpha value is -1.16. The van der Waals surface area contributed by atoms with Crippen LogP contribution >= 0.6 is 0 Å². The molecule has 4 heteroatoms. The van der Waals surface area contributed by atoms with Gasteiger partial charge in [-0.15, -0.1) is 0 Å². The zero-order chi connectivity index (χ0) is 15.3. The lowest BCUT2D eigenvalue weighted by molar-refractivity contribution is 0.394. The van der Waals surface area contributed by atoms with Crippen molar-refractivity contribution in [3.8, 4) is 5.88 Å². The molecule has 1 aromatic heterocycles. The first-order chi connectivity index (χ1) is 10.3. The van der Waals surface area contributed by atoms with Crippen LogP contribution in [0.3, 0.4) is 0 Å². The van der Waals surface area contributed by atoms with Crippen molar-refractivity contribution in [1.29, 1.82) is 0 Å². The summed E-state index contributed by atoms with van der Waals surface area (Å²) in [7, 11) is 3.67. The van der Waals surface area contributed by atoms with Gasteiger partial charge in [0.1, 0.15) is 6.33 Å². The molecule has 0 aliphatic heterocycles. The molecular weight excluding hydrogens is 262 g/mol. The van der Waals surface area contributed by atoms with Gasteiger partial charge in [0.2, 0.25) is 5.88 Å². The number of methoxy groups -OCH3 is 1. The van der Waals surface area contributed by atoms with E-state index < -0.39 is 0 Å². The van der Waals surface area contributed by atoms with Crippen LogP contribution in [-0.4, -0.2) is 30.2 Å². The van der Waals surface area contributed by atoms with Crippen LogP contribution in [0.1, 0.15) is 64.0 Å². The molecule has 1 atom stereocenters. The Balaban J connectivity index is 2.22. The molecule has 120 valence electrons. The first kappa shape index (κ1) is 17.9. The summed E-state index contributed by atoms with van der Waals surface area (Å²) in [6.07, 6.45) is 13.2. The Bertz CT molecular complexity index is 371. The Morgan fingerprint density at radius 2 is 1.81 bits per heavy atom. The van der Waals surface area contributed by atoms with Crippen molar-refractivity contribution in [1.82, 2.24) is 15.3 Å². The van der Waals surface area contributed by atoms with Crippen LogP contribution in [0.25, 0.3) is 0 Å². The fraction of sp³-hybridized carbons (Fsp3) is 0.765. The van der Waals surface area contributed by atoms with Gasteiger partial charge in [0.05, 0.1) is 7.11 Å². The van der Waals surface area contributed by atoms with E-state index in [4.69, 9.17) is 4.74 Å². The van der Waals surface area contributed by atoms with Crippen LogP contribution < -0.4 is 10.1 Å². The normalized spacial score (nSPS) is 12.3. The molecule has 0 aliphatic rings. The number of ether oxygens (including phenoxy) is 1. The van der Waals surface area contributed by atoms with E-state index in [0.717, 1.165) is 12.1 Å². The van der Waals surface area contributed by atoms with Crippen LogP contribution in [0.15, 0.2) is 12.4 Å². The summed E-state index contributed by atoms with van der Waals surface area (Å²) in [6, 6.07) is 2.41. The van der Waals surface area contributed by atoms with Gasteiger partial charge < -0.3 is 10.1 Å². The molecule has 0 fully saturated rings. The van der Waals surface area contributed by atoms with Gasteiger partial charge in [-0.2, -0.15) is 0 Å². The van der Waals surface area contributed by atoms with Crippen LogP contribution in [0.5, 0.6) is 5.88 Å². The predicted octanol–water partition coefficient (Wildman–Crippen LogP) is 3.76. The van der Waals surface area contributed by atoms with Gasteiger partial charge in [-0.3, -0.25) is 0 Å². The van der Waals surface area contributed by atoms with E-state index in [0.29, 0.717) is 11.9 Å². The molecule has 0 bridgehead atoms. The minimum atomic E-state index is 0.486. The molecule has 1 unspecified atom stereocenters. The fourth-order valence-corrected chi connectivity index (χ4v) is 2.55. The highest BCUT2D eigenvalue weighted by atomic mass is 16.5. The Morgan fingerprint density at radius 3 is 2.48 bits per heavy atom. The minimum Gasteiger partial charge on any atom is -0.481 e. The third kappa shape index (κ3) is 8.00. The van der Waals surface area contributed by atoms with Gasteiger partial charge in [0, 0.05) is 24.2 Å². The van der Waals surface area contributed by atoms with E-state index in [1.807, 2.05) is 13.1 Å². The van der Waals surface area contributed by atoms with E-state index in [9.17, 15) is 0 Å². The molecule has 1 N–H and O–H groups in total. The van der Waals surface area contributed by atoms with Crippen molar-refractivity contribution in [2.24, 2.45) is 0 Å². The first-order valence-corrected chi connectivity index (χ1v) is 8.32. The van der Waals surface area contributed by atoms with Crippen LogP contribution in [0.4, 0.5) is 0 Å². The molecule has 0 aromatic carbocycles. The largest absolute Gasteiger partial charge is 0.481 e. The summed E-state index contributed by atoms with van der Waals surface area (Å²) in [5.41, 5.74) is 1.05. The second-order valence-corrected chi connectivity index (χ2v) is 5.65. The van der Waals surface area contributed by atoms with Crippen molar-refractivity contribution in [2.45, 2.75) is 70.8 Å². The number of rotatable bonds is 12. The topological polar surface area (TPSA) is 47.0 Å². The summed E-state index contributed by atoms with van der Waals surface area (Å²) in [6.45, 7) is 2.26. The second kappa shape index (κ2) is 11.5. The molecule has 0 spiro atoms. The quantitative estimate of drug-likeness (QED) is 0.596. The van der Waals surface area contributed by atoms with E-state index in [-0.39, 0.29) is 0 Å². The summed E-state index contributed by atoms with van der Waals surface area (Å²) in [5, 5.41) is 3.40. The second-order valence-electron chi connectivity index (χ2n) is 5.65. The predicted molar refractivity (Wildman–Crippen MR) is 87.7 cm³/mol. The zero-order valence-corrected chi connectivity index (χ0v) is 13.9. The maximum atomic E-state index is 5.14. The average Bonchev–Trinajstić information content (AvgIpc) is 2.53. The SMILES string of the molecule is CCCCCCCCCC(Cc1cc(OC)ncn1)NC. The lowest BCUT2D eigenvalue weighted by atomic mass is 10.0. The molecule has 0 saturated carbocycles. The van der Waals surface area contributed by atoms with Crippen LogP contribution in [-0.2, 0) is 6.42 Å². The number of hydrogen-bond donors (Lipinski definition) is 1. The molecule has 4 nitrogen and oxygen atoms in total. The van der Waals surface area contributed by atoms with Crippen molar-refractivity contribution in [3.05, 3.63) is 18.1 Å². The lowest BCUT2D eigenvalue weighted by Crippen LogP contribution is -2.27. The standard InChI is InChI=1S/C17H31N3O/c1-4-5-6-7-8-9-10-11-15(18-2)12-16-13-17(21-3)20-14-19-16/h13-15,18H,4-12H2,1-3H3. The molecule has 21 heavy (non-hydrogen) atoms. The molecule has 1 aromatic rings. The van der Waals surface area contributed by atoms with Gasteiger partial charge in [0.15, 0.2) is 0 Å². The van der Waals surface area contributed by atoms with Gasteiger partial charge in [-0.25, -0.2) is 9.97 Å². The van der Waals surface area contributed by atoms with E-state index in [1.54, 1.807) is 13.4 Å². The summed E-state index contributed by atoms with van der Waals surface area (Å²) in [5.74, 6) is 0.644. The number of likely N-dealkylation sites (N-methyl/N-ethyl adjacent to an activating group) is 1. The number of nitrogens with one attached hydrogen (secondary N) is 1. The maximum Gasteiger partial charge on any atom is 0.216 e.